The van der Waals surface area contributed by atoms with E-state index in [1.165, 1.54) is 18.4 Å². The molecule has 0 amide bonds. The summed E-state index contributed by atoms with van der Waals surface area (Å²) in [4.78, 5) is 0.340. The van der Waals surface area contributed by atoms with Crippen LogP contribution in [0.4, 0.5) is 0 Å². The van der Waals surface area contributed by atoms with Crippen molar-refractivity contribution in [3.63, 3.8) is 0 Å². The van der Waals surface area contributed by atoms with Gasteiger partial charge in [0, 0.05) is 14.1 Å². The van der Waals surface area contributed by atoms with Crippen molar-refractivity contribution >= 4 is 10.0 Å². The number of hydrogen-bond donors (Lipinski definition) is 1. The highest BCUT2D eigenvalue weighted by Gasteiger charge is 2.16. The number of nitrogens with zero attached hydrogens (tertiary/aromatic N) is 1. The Kier molecular flexibility index (Phi) is 4.46. The Hall–Kier alpha value is -0.910. The van der Waals surface area contributed by atoms with Crippen molar-refractivity contribution in [1.29, 1.82) is 0 Å². The zero-order chi connectivity index (χ0) is 12.2. The molecule has 0 heterocycles. The third-order valence-electron chi connectivity index (χ3n) is 2.35. The summed E-state index contributed by atoms with van der Waals surface area (Å²) in [5.41, 5.74) is 6.43. The van der Waals surface area contributed by atoms with E-state index in [0.29, 0.717) is 11.4 Å². The van der Waals surface area contributed by atoms with Crippen LogP contribution in [-0.2, 0) is 16.4 Å². The van der Waals surface area contributed by atoms with Gasteiger partial charge in [0.15, 0.2) is 0 Å². The first-order valence-corrected chi connectivity index (χ1v) is 6.64. The standard InChI is InChI=1S/C11H18N2O2S/c1-13(2)16(14,15)11-7-3-5-10(9-11)6-4-8-12/h3,5,7,9H,4,6,8,12H2,1-2H3. The summed E-state index contributed by atoms with van der Waals surface area (Å²) in [7, 11) is -0.263. The zero-order valence-corrected chi connectivity index (χ0v) is 10.5. The summed E-state index contributed by atoms with van der Waals surface area (Å²) in [6, 6.07) is 7.01. The van der Waals surface area contributed by atoms with Crippen molar-refractivity contribution in [1.82, 2.24) is 4.31 Å². The van der Waals surface area contributed by atoms with Crippen LogP contribution in [0.25, 0.3) is 0 Å². The molecule has 0 bridgehead atoms. The maximum Gasteiger partial charge on any atom is 0.242 e. The Morgan fingerprint density at radius 2 is 2.00 bits per heavy atom. The first-order valence-electron chi connectivity index (χ1n) is 5.20. The molecule has 0 radical (unpaired) electrons. The summed E-state index contributed by atoms with van der Waals surface area (Å²) in [5.74, 6) is 0. The van der Waals surface area contributed by atoms with E-state index in [-0.39, 0.29) is 0 Å². The molecule has 1 rings (SSSR count). The minimum Gasteiger partial charge on any atom is -0.330 e. The summed E-state index contributed by atoms with van der Waals surface area (Å²) < 4.78 is 24.9. The molecule has 0 saturated carbocycles. The van der Waals surface area contributed by atoms with Gasteiger partial charge in [-0.3, -0.25) is 0 Å². The van der Waals surface area contributed by atoms with Crippen LogP contribution in [0.1, 0.15) is 12.0 Å². The van der Waals surface area contributed by atoms with Crippen molar-refractivity contribution in [2.24, 2.45) is 5.73 Å². The van der Waals surface area contributed by atoms with Crippen molar-refractivity contribution in [3.05, 3.63) is 29.8 Å². The number of nitrogens with two attached hydrogens (primary N) is 1. The molecule has 0 aliphatic carbocycles. The minimum atomic E-state index is -3.32. The van der Waals surface area contributed by atoms with Crippen molar-refractivity contribution < 1.29 is 8.42 Å². The molecule has 0 aromatic heterocycles. The van der Waals surface area contributed by atoms with E-state index in [0.717, 1.165) is 18.4 Å². The van der Waals surface area contributed by atoms with Crippen LogP contribution < -0.4 is 5.73 Å². The Balaban J connectivity index is 2.99. The van der Waals surface area contributed by atoms with E-state index in [1.54, 1.807) is 18.2 Å². The molecule has 16 heavy (non-hydrogen) atoms. The Morgan fingerprint density at radius 1 is 1.31 bits per heavy atom. The second kappa shape index (κ2) is 5.43. The third kappa shape index (κ3) is 3.04. The molecule has 90 valence electrons. The lowest BCUT2D eigenvalue weighted by atomic mass is 10.1. The van der Waals surface area contributed by atoms with Crippen molar-refractivity contribution in [3.8, 4) is 0 Å². The molecule has 0 aliphatic heterocycles. The Morgan fingerprint density at radius 3 is 2.56 bits per heavy atom. The molecule has 1 aromatic carbocycles. The Labute approximate surface area is 97.1 Å². The SMILES string of the molecule is CN(C)S(=O)(=O)c1cccc(CCCN)c1. The fourth-order valence-corrected chi connectivity index (χ4v) is 2.35. The average molecular weight is 242 g/mol. The molecule has 0 unspecified atom stereocenters. The summed E-state index contributed by atoms with van der Waals surface area (Å²) in [5, 5.41) is 0. The predicted molar refractivity (Wildman–Crippen MR) is 64.7 cm³/mol. The highest BCUT2D eigenvalue weighted by Crippen LogP contribution is 2.15. The van der Waals surface area contributed by atoms with Crippen LogP contribution in [0.15, 0.2) is 29.2 Å². The van der Waals surface area contributed by atoms with Gasteiger partial charge in [-0.2, -0.15) is 0 Å². The molecule has 2 N–H and O–H groups in total. The highest BCUT2D eigenvalue weighted by atomic mass is 32.2. The molecular weight excluding hydrogens is 224 g/mol. The smallest absolute Gasteiger partial charge is 0.242 e. The number of benzene rings is 1. The van der Waals surface area contributed by atoms with E-state index in [1.807, 2.05) is 6.07 Å². The second-order valence-corrected chi connectivity index (χ2v) is 5.98. The largest absolute Gasteiger partial charge is 0.330 e. The molecular formula is C11H18N2O2S. The van der Waals surface area contributed by atoms with Gasteiger partial charge < -0.3 is 5.73 Å². The fourth-order valence-electron chi connectivity index (χ4n) is 1.38. The van der Waals surface area contributed by atoms with Gasteiger partial charge in [-0.15, -0.1) is 0 Å². The normalized spacial score (nSPS) is 12.0. The maximum absolute atomic E-state index is 11.9. The monoisotopic (exact) mass is 242 g/mol. The third-order valence-corrected chi connectivity index (χ3v) is 4.16. The molecule has 0 atom stereocenters. The van der Waals surface area contributed by atoms with Gasteiger partial charge in [0.25, 0.3) is 0 Å². The maximum atomic E-state index is 11.9. The van der Waals surface area contributed by atoms with Crippen LogP contribution in [0.2, 0.25) is 0 Å². The molecule has 0 aliphatic rings. The van der Waals surface area contributed by atoms with Gasteiger partial charge >= 0.3 is 0 Å². The van der Waals surface area contributed by atoms with E-state index in [2.05, 4.69) is 0 Å². The van der Waals surface area contributed by atoms with Crippen molar-refractivity contribution in [2.75, 3.05) is 20.6 Å². The minimum absolute atomic E-state index is 0.340. The molecule has 5 heteroatoms. The van der Waals surface area contributed by atoms with E-state index in [9.17, 15) is 8.42 Å². The lowest BCUT2D eigenvalue weighted by Gasteiger charge is -2.12. The van der Waals surface area contributed by atoms with Crippen LogP contribution in [0.5, 0.6) is 0 Å². The number of hydrogen-bond acceptors (Lipinski definition) is 3. The van der Waals surface area contributed by atoms with Crippen LogP contribution in [-0.4, -0.2) is 33.4 Å². The quantitative estimate of drug-likeness (QED) is 0.831. The van der Waals surface area contributed by atoms with Gasteiger partial charge in [0.1, 0.15) is 0 Å². The van der Waals surface area contributed by atoms with E-state index >= 15 is 0 Å². The van der Waals surface area contributed by atoms with Gasteiger partial charge in [-0.25, -0.2) is 12.7 Å². The van der Waals surface area contributed by atoms with Gasteiger partial charge in [0.05, 0.1) is 4.90 Å². The summed E-state index contributed by atoms with van der Waals surface area (Å²) in [6.45, 7) is 0.616. The second-order valence-electron chi connectivity index (χ2n) is 3.83. The number of sulfonamides is 1. The highest BCUT2D eigenvalue weighted by molar-refractivity contribution is 7.89. The first kappa shape index (κ1) is 13.2. The lowest BCUT2D eigenvalue weighted by molar-refractivity contribution is 0.520. The Bertz CT molecular complexity index is 441. The van der Waals surface area contributed by atoms with Gasteiger partial charge in [-0.05, 0) is 37.1 Å². The van der Waals surface area contributed by atoms with E-state index in [4.69, 9.17) is 5.73 Å². The molecule has 1 aromatic rings. The van der Waals surface area contributed by atoms with E-state index < -0.39 is 10.0 Å². The molecule has 0 saturated heterocycles. The molecule has 0 fully saturated rings. The summed E-state index contributed by atoms with van der Waals surface area (Å²) >= 11 is 0. The van der Waals surface area contributed by atoms with Gasteiger partial charge in [0.2, 0.25) is 10.0 Å². The van der Waals surface area contributed by atoms with Crippen molar-refractivity contribution in [2.45, 2.75) is 17.7 Å². The lowest BCUT2D eigenvalue weighted by Crippen LogP contribution is -2.22. The van der Waals surface area contributed by atoms with Crippen LogP contribution in [0, 0.1) is 0 Å². The first-order chi connectivity index (χ1) is 7.48. The zero-order valence-electron chi connectivity index (χ0n) is 9.68. The van der Waals surface area contributed by atoms with Gasteiger partial charge in [-0.1, -0.05) is 12.1 Å². The van der Waals surface area contributed by atoms with Crippen LogP contribution >= 0.6 is 0 Å². The average Bonchev–Trinajstić information content (AvgIpc) is 2.26. The topological polar surface area (TPSA) is 63.4 Å². The number of aryl methyl sites for hydroxylation is 1. The van der Waals surface area contributed by atoms with Crippen LogP contribution in [0.3, 0.4) is 0 Å². The summed E-state index contributed by atoms with van der Waals surface area (Å²) in [6.07, 6.45) is 1.68. The predicted octanol–water partition coefficient (Wildman–Crippen LogP) is 0.828. The number of rotatable bonds is 5. The molecule has 0 spiro atoms. The molecule has 4 nitrogen and oxygen atoms in total. The fraction of sp³-hybridized carbons (Fsp3) is 0.455.